The molecule has 7 atom stereocenters. The Morgan fingerprint density at radius 3 is 2.41 bits per heavy atom. The summed E-state index contributed by atoms with van der Waals surface area (Å²) in [6.07, 6.45) is -8.80. The fourth-order valence-corrected chi connectivity index (χ4v) is 6.21. The molecule has 2 aliphatic rings. The van der Waals surface area contributed by atoms with E-state index in [0.29, 0.717) is 31.4 Å². The summed E-state index contributed by atoms with van der Waals surface area (Å²) < 4.78 is 95.6. The van der Waals surface area contributed by atoms with E-state index in [1.54, 1.807) is 0 Å². The first-order chi connectivity index (χ1) is 21.8. The lowest BCUT2D eigenvalue weighted by Gasteiger charge is -2.46. The molecule has 5 rings (SSSR count). The number of hydrogen-bond acceptors (Lipinski definition) is 8. The van der Waals surface area contributed by atoms with E-state index in [1.807, 2.05) is 0 Å². The van der Waals surface area contributed by atoms with Gasteiger partial charge in [0.15, 0.2) is 23.6 Å². The molecule has 2 aromatic carbocycles. The highest BCUT2D eigenvalue weighted by Gasteiger charge is 2.52. The average molecular weight is 659 g/mol. The second kappa shape index (κ2) is 13.7. The average Bonchev–Trinajstić information content (AvgIpc) is 3.51. The highest BCUT2D eigenvalue weighted by Crippen LogP contribution is 2.37. The molecule has 2 fully saturated rings. The van der Waals surface area contributed by atoms with Crippen molar-refractivity contribution in [3.63, 3.8) is 0 Å². The van der Waals surface area contributed by atoms with Gasteiger partial charge in [-0.2, -0.15) is 13.2 Å². The lowest BCUT2D eigenvalue weighted by molar-refractivity contribution is -0.219. The molecule has 3 N–H and O–H groups in total. The molecule has 1 aliphatic heterocycles. The van der Waals surface area contributed by atoms with Crippen LogP contribution in [-0.4, -0.2) is 91.4 Å². The Labute approximate surface area is 259 Å². The number of nitrogens with zero attached hydrogens (tertiary/aromatic N) is 4. The number of hydrogen-bond donors (Lipinski definition) is 3. The minimum absolute atomic E-state index is 0.134. The summed E-state index contributed by atoms with van der Waals surface area (Å²) in [6, 6.07) is 3.91. The second-order valence-corrected chi connectivity index (χ2v) is 11.3. The topological polar surface area (TPSA) is 130 Å². The van der Waals surface area contributed by atoms with Gasteiger partial charge in [0.2, 0.25) is 0 Å². The Bertz CT molecular complexity index is 1520. The molecule has 1 aromatic heterocycles. The van der Waals surface area contributed by atoms with Gasteiger partial charge in [-0.05, 0) is 36.6 Å². The first-order valence-electron chi connectivity index (χ1n) is 14.5. The molecule has 1 saturated heterocycles. The van der Waals surface area contributed by atoms with E-state index in [-0.39, 0.29) is 23.2 Å². The van der Waals surface area contributed by atoms with Crippen molar-refractivity contribution in [2.24, 2.45) is 0 Å². The van der Waals surface area contributed by atoms with Crippen molar-refractivity contribution in [3.05, 3.63) is 71.2 Å². The van der Waals surface area contributed by atoms with Crippen molar-refractivity contribution in [2.75, 3.05) is 13.7 Å². The maximum absolute atomic E-state index is 14.4. The van der Waals surface area contributed by atoms with Gasteiger partial charge in [-0.15, -0.1) is 5.10 Å². The number of rotatable bonds is 8. The summed E-state index contributed by atoms with van der Waals surface area (Å²) in [6.45, 7) is -1.34. The molecule has 3 aromatic rings. The maximum atomic E-state index is 14.4. The molecule has 2 heterocycles. The SMILES string of the molecule is CO[C@@H]1[C@@H](n2cc(-c3cc(F)c(F)c(F)c3)nn2)[C@@H](O)[C@@H](CO)O[C@H]1C(=O)N(Cc1ccccc1C(F)(F)F)[C@H]1CCCC[C@@H]1O. The number of aromatic nitrogens is 3. The number of aliphatic hydroxyl groups excluding tert-OH is 3. The number of aliphatic hydroxyl groups is 3. The minimum Gasteiger partial charge on any atom is -0.394 e. The smallest absolute Gasteiger partial charge is 0.394 e. The van der Waals surface area contributed by atoms with E-state index in [1.165, 1.54) is 25.3 Å². The largest absolute Gasteiger partial charge is 0.416 e. The van der Waals surface area contributed by atoms with Crippen LogP contribution in [0.2, 0.25) is 0 Å². The van der Waals surface area contributed by atoms with Gasteiger partial charge in [0.1, 0.15) is 30.0 Å². The van der Waals surface area contributed by atoms with E-state index in [0.717, 1.165) is 21.8 Å². The standard InChI is InChI=1S/C30H32F6N4O6/c1-45-27-25(40-13-20(37-38-40)16-10-18(31)24(33)19(32)11-16)26(43)23(14-41)46-28(27)29(44)39(21-8-4-5-9-22(21)42)12-15-6-2-3-7-17(15)30(34,35)36/h2-3,6-7,10-11,13,21-23,25-28,41-43H,4-5,8-9,12,14H2,1H3/t21-,22-,23+,25-,26-,27+,28+/m0/s1. The van der Waals surface area contributed by atoms with Crippen molar-refractivity contribution in [2.45, 2.75) is 81.0 Å². The third-order valence-corrected chi connectivity index (χ3v) is 8.52. The summed E-state index contributed by atoms with van der Waals surface area (Å²) >= 11 is 0. The summed E-state index contributed by atoms with van der Waals surface area (Å²) in [5, 5.41) is 39.9. The van der Waals surface area contributed by atoms with Crippen LogP contribution in [0.3, 0.4) is 0 Å². The third-order valence-electron chi connectivity index (χ3n) is 8.52. The number of ether oxygens (including phenoxy) is 2. The summed E-state index contributed by atoms with van der Waals surface area (Å²) in [5.41, 5.74) is -1.51. The Hall–Kier alpha value is -3.57. The van der Waals surface area contributed by atoms with E-state index >= 15 is 0 Å². The molecule has 1 saturated carbocycles. The summed E-state index contributed by atoms with van der Waals surface area (Å²) in [5.74, 6) is -5.51. The van der Waals surface area contributed by atoms with E-state index in [2.05, 4.69) is 10.3 Å². The monoisotopic (exact) mass is 658 g/mol. The van der Waals surface area contributed by atoms with Gasteiger partial charge in [-0.25, -0.2) is 17.9 Å². The van der Waals surface area contributed by atoms with Gasteiger partial charge in [0.05, 0.1) is 30.5 Å². The van der Waals surface area contributed by atoms with Crippen molar-refractivity contribution in [3.8, 4) is 11.3 Å². The van der Waals surface area contributed by atoms with Crippen LogP contribution in [0.5, 0.6) is 0 Å². The minimum atomic E-state index is -4.73. The zero-order valence-corrected chi connectivity index (χ0v) is 24.4. The number of alkyl halides is 3. The highest BCUT2D eigenvalue weighted by molar-refractivity contribution is 5.82. The number of methoxy groups -OCH3 is 1. The summed E-state index contributed by atoms with van der Waals surface area (Å²) in [7, 11) is 1.19. The predicted octanol–water partition coefficient (Wildman–Crippen LogP) is 3.39. The van der Waals surface area contributed by atoms with E-state index in [9.17, 15) is 46.5 Å². The van der Waals surface area contributed by atoms with E-state index in [4.69, 9.17) is 9.47 Å². The first-order valence-corrected chi connectivity index (χ1v) is 14.5. The molecule has 10 nitrogen and oxygen atoms in total. The fraction of sp³-hybridized carbons (Fsp3) is 0.500. The van der Waals surface area contributed by atoms with Crippen LogP contribution >= 0.6 is 0 Å². The van der Waals surface area contributed by atoms with Gasteiger partial charge >= 0.3 is 6.18 Å². The predicted molar refractivity (Wildman–Crippen MR) is 147 cm³/mol. The Morgan fingerprint density at radius 2 is 1.78 bits per heavy atom. The van der Waals surface area contributed by atoms with Crippen molar-refractivity contribution in [1.82, 2.24) is 19.9 Å². The first kappa shape index (κ1) is 33.8. The Balaban J connectivity index is 1.53. The second-order valence-electron chi connectivity index (χ2n) is 11.3. The summed E-state index contributed by atoms with van der Waals surface area (Å²) in [4.78, 5) is 15.5. The van der Waals surface area contributed by atoms with Gasteiger partial charge in [-0.3, -0.25) is 4.79 Å². The Morgan fingerprint density at radius 1 is 1.11 bits per heavy atom. The fourth-order valence-electron chi connectivity index (χ4n) is 6.21. The Kier molecular flexibility index (Phi) is 10.0. The zero-order chi connectivity index (χ0) is 33.3. The molecular formula is C30H32F6N4O6. The van der Waals surface area contributed by atoms with E-state index < -0.39 is 90.9 Å². The number of benzene rings is 2. The number of amides is 1. The molecular weight excluding hydrogens is 626 g/mol. The number of halogens is 6. The molecule has 0 radical (unpaired) electrons. The van der Waals surface area contributed by atoms with Crippen LogP contribution in [0.25, 0.3) is 11.3 Å². The van der Waals surface area contributed by atoms with Gasteiger partial charge in [-0.1, -0.05) is 36.3 Å². The van der Waals surface area contributed by atoms with Gasteiger partial charge in [0, 0.05) is 19.2 Å². The van der Waals surface area contributed by atoms with Gasteiger partial charge in [0.25, 0.3) is 5.91 Å². The molecule has 46 heavy (non-hydrogen) atoms. The van der Waals surface area contributed by atoms with Crippen LogP contribution in [0.4, 0.5) is 26.3 Å². The molecule has 1 aliphatic carbocycles. The van der Waals surface area contributed by atoms with Crippen LogP contribution in [0.15, 0.2) is 42.6 Å². The third kappa shape index (κ3) is 6.62. The molecule has 1 amide bonds. The number of carbonyl (C=O) groups excluding carboxylic acids is 1. The lowest BCUT2D eigenvalue weighted by atomic mass is 9.88. The highest BCUT2D eigenvalue weighted by atomic mass is 19.4. The zero-order valence-electron chi connectivity index (χ0n) is 24.4. The van der Waals surface area contributed by atoms with Crippen molar-refractivity contribution < 1.29 is 55.9 Å². The molecule has 0 bridgehead atoms. The normalized spacial score (nSPS) is 27.0. The molecule has 16 heteroatoms. The van der Waals surface area contributed by atoms with Crippen LogP contribution in [0.1, 0.15) is 42.9 Å². The van der Waals surface area contributed by atoms with Gasteiger partial charge < -0.3 is 29.7 Å². The van der Waals surface area contributed by atoms with Crippen LogP contribution in [0, 0.1) is 17.5 Å². The number of carbonyl (C=O) groups is 1. The lowest BCUT2D eigenvalue weighted by Crippen LogP contribution is -2.62. The molecule has 0 spiro atoms. The van der Waals surface area contributed by atoms with Crippen molar-refractivity contribution in [1.29, 1.82) is 0 Å². The maximum Gasteiger partial charge on any atom is 0.416 e. The quantitative estimate of drug-likeness (QED) is 0.248. The van der Waals surface area contributed by atoms with Crippen molar-refractivity contribution >= 4 is 5.91 Å². The van der Waals surface area contributed by atoms with Crippen LogP contribution < -0.4 is 0 Å². The molecule has 250 valence electrons. The molecule has 0 unspecified atom stereocenters. The van der Waals surface area contributed by atoms with Crippen LogP contribution in [-0.2, 0) is 27.0 Å².